The average molecular weight is 101 g/mol. The molecule has 0 aromatic rings. The number of hydrogen-bond acceptors (Lipinski definition) is 1. The first-order chi connectivity index (χ1) is 1.73. The molecule has 0 aliphatic carbocycles. The predicted octanol–water partition coefficient (Wildman–Crippen LogP) is -1.57. The molecule has 0 aliphatic rings. The zero-order valence-electron chi connectivity index (χ0n) is 2.56. The fourth-order valence-corrected chi connectivity index (χ4v) is 0. The van der Waals surface area contributed by atoms with Gasteiger partial charge in [-0.05, 0) is 0 Å². The summed E-state index contributed by atoms with van der Waals surface area (Å²) in [6.07, 6.45) is 0. The standard InChI is InChI=1S/C2H3O2.Na.H2O.H/c1-2(3)4;;;/h1H2,(H,3,4);;1H2;. The molecule has 0 rings (SSSR count). The molecule has 0 spiro atoms. The van der Waals surface area contributed by atoms with Crippen LogP contribution in [0.5, 0.6) is 0 Å². The number of hydrogen-bond donors (Lipinski definition) is 1. The molecule has 33 valence electrons. The van der Waals surface area contributed by atoms with E-state index in [4.69, 9.17) is 9.90 Å². The molecule has 0 heterocycles. The Kier molecular flexibility index (Phi) is 24.3. The van der Waals surface area contributed by atoms with Crippen molar-refractivity contribution in [2.45, 2.75) is 0 Å². The molecule has 0 unspecified atom stereocenters. The van der Waals surface area contributed by atoms with E-state index in [0.29, 0.717) is 0 Å². The van der Waals surface area contributed by atoms with E-state index in [9.17, 15) is 0 Å². The van der Waals surface area contributed by atoms with Crippen molar-refractivity contribution in [3.8, 4) is 0 Å². The van der Waals surface area contributed by atoms with Gasteiger partial charge < -0.3 is 10.6 Å². The van der Waals surface area contributed by atoms with Crippen LogP contribution in [-0.2, 0) is 4.79 Å². The minimum absolute atomic E-state index is 0. The average Bonchev–Trinajstić information content (AvgIpc) is 0.811. The first-order valence-electron chi connectivity index (χ1n) is 0.781. The van der Waals surface area contributed by atoms with E-state index in [2.05, 4.69) is 6.92 Å². The molecule has 3 nitrogen and oxygen atoms in total. The second-order valence-electron chi connectivity index (χ2n) is 0.394. The molecule has 0 saturated carbocycles. The fraction of sp³-hybridized carbons (Fsp3) is 0. The van der Waals surface area contributed by atoms with Gasteiger partial charge >= 0.3 is 35.5 Å². The molecular formula is C2H6NaO3. The van der Waals surface area contributed by atoms with Crippen molar-refractivity contribution in [3.63, 3.8) is 0 Å². The molecule has 0 aromatic carbocycles. The van der Waals surface area contributed by atoms with E-state index in [0.717, 1.165) is 0 Å². The first-order valence-corrected chi connectivity index (χ1v) is 0.781. The Bertz CT molecular complexity index is 31.8. The monoisotopic (exact) mass is 101 g/mol. The Labute approximate surface area is 58.0 Å². The van der Waals surface area contributed by atoms with Crippen LogP contribution in [0.2, 0.25) is 0 Å². The molecule has 0 aromatic heterocycles. The molecule has 0 aliphatic heterocycles. The number of carboxylic acids is 1. The summed E-state index contributed by atoms with van der Waals surface area (Å²) in [5.74, 6) is -1.08. The Morgan fingerprint density at radius 1 is 1.67 bits per heavy atom. The van der Waals surface area contributed by atoms with Crippen molar-refractivity contribution in [1.29, 1.82) is 0 Å². The van der Waals surface area contributed by atoms with Gasteiger partial charge in [-0.3, -0.25) is 4.79 Å². The maximum atomic E-state index is 8.89. The molecular weight excluding hydrogens is 95.0 g/mol. The Morgan fingerprint density at radius 3 is 1.67 bits per heavy atom. The third kappa shape index (κ3) is 282. The van der Waals surface area contributed by atoms with E-state index in [-0.39, 0.29) is 35.0 Å². The van der Waals surface area contributed by atoms with E-state index in [1.165, 1.54) is 0 Å². The molecule has 0 atom stereocenters. The third-order valence-corrected chi connectivity index (χ3v) is 0. The van der Waals surface area contributed by atoms with Gasteiger partial charge in [0.1, 0.15) is 0 Å². The van der Waals surface area contributed by atoms with Crippen LogP contribution in [0.3, 0.4) is 0 Å². The number of rotatable bonds is 0. The van der Waals surface area contributed by atoms with Gasteiger partial charge in [-0.15, -0.1) is 0 Å². The van der Waals surface area contributed by atoms with Crippen molar-refractivity contribution >= 4 is 35.5 Å². The van der Waals surface area contributed by atoms with Gasteiger partial charge in [0.15, 0.2) is 0 Å². The minimum atomic E-state index is -1.08. The van der Waals surface area contributed by atoms with Gasteiger partial charge in [0, 0.05) is 0 Å². The molecule has 0 amide bonds. The zero-order chi connectivity index (χ0) is 3.58. The predicted molar refractivity (Wildman–Crippen MR) is 23.8 cm³/mol. The number of carbonyl (C=O) groups is 1. The summed E-state index contributed by atoms with van der Waals surface area (Å²) in [4.78, 5) is 8.89. The summed E-state index contributed by atoms with van der Waals surface area (Å²) in [7, 11) is 0. The molecule has 1 radical (unpaired) electrons. The Balaban J connectivity index is -0.0000000450. The second-order valence-corrected chi connectivity index (χ2v) is 0.394. The number of aliphatic carboxylic acids is 1. The second kappa shape index (κ2) is 9.06. The third-order valence-electron chi connectivity index (χ3n) is 0. The summed E-state index contributed by atoms with van der Waals surface area (Å²) < 4.78 is 0. The van der Waals surface area contributed by atoms with Crippen LogP contribution in [0.15, 0.2) is 0 Å². The van der Waals surface area contributed by atoms with Gasteiger partial charge in [-0.2, -0.15) is 0 Å². The van der Waals surface area contributed by atoms with E-state index in [1.807, 2.05) is 0 Å². The molecule has 4 heteroatoms. The van der Waals surface area contributed by atoms with Crippen LogP contribution >= 0.6 is 0 Å². The van der Waals surface area contributed by atoms with Gasteiger partial charge in [0.2, 0.25) is 0 Å². The summed E-state index contributed by atoms with van der Waals surface area (Å²) in [5.41, 5.74) is 0. The van der Waals surface area contributed by atoms with Gasteiger partial charge in [0.05, 0.1) is 6.92 Å². The normalized spacial score (nSPS) is 4.17. The van der Waals surface area contributed by atoms with Crippen LogP contribution in [0, 0.1) is 6.92 Å². The van der Waals surface area contributed by atoms with E-state index < -0.39 is 5.97 Å². The topological polar surface area (TPSA) is 68.8 Å². The van der Waals surface area contributed by atoms with Crippen LogP contribution in [0.4, 0.5) is 0 Å². The molecule has 0 fully saturated rings. The van der Waals surface area contributed by atoms with Crippen LogP contribution in [0.25, 0.3) is 0 Å². The van der Waals surface area contributed by atoms with Gasteiger partial charge in [-0.25, -0.2) is 0 Å². The van der Waals surface area contributed by atoms with Crippen molar-refractivity contribution in [3.05, 3.63) is 6.92 Å². The van der Waals surface area contributed by atoms with E-state index >= 15 is 0 Å². The molecule has 6 heavy (non-hydrogen) atoms. The van der Waals surface area contributed by atoms with Crippen LogP contribution < -0.4 is 0 Å². The fourth-order valence-electron chi connectivity index (χ4n) is 0. The van der Waals surface area contributed by atoms with Crippen LogP contribution in [0.1, 0.15) is 0 Å². The van der Waals surface area contributed by atoms with Crippen molar-refractivity contribution < 1.29 is 15.4 Å². The van der Waals surface area contributed by atoms with Crippen molar-refractivity contribution in [2.24, 2.45) is 0 Å². The summed E-state index contributed by atoms with van der Waals surface area (Å²) in [6, 6.07) is 0. The van der Waals surface area contributed by atoms with Gasteiger partial charge in [0.25, 0.3) is 0 Å². The summed E-state index contributed by atoms with van der Waals surface area (Å²) in [6.45, 7) is 2.56. The SMILES string of the molecule is O.[CH2]C(=O)O.[NaH]. The Hall–Kier alpha value is 0.430. The zero-order valence-corrected chi connectivity index (χ0v) is 2.56. The maximum absolute atomic E-state index is 8.89. The van der Waals surface area contributed by atoms with Gasteiger partial charge in [-0.1, -0.05) is 0 Å². The quantitative estimate of drug-likeness (QED) is 0.374. The van der Waals surface area contributed by atoms with E-state index in [1.54, 1.807) is 0 Å². The summed E-state index contributed by atoms with van der Waals surface area (Å²) in [5, 5.41) is 7.31. The molecule has 3 N–H and O–H groups in total. The van der Waals surface area contributed by atoms with Crippen LogP contribution in [-0.4, -0.2) is 46.1 Å². The Morgan fingerprint density at radius 2 is 1.67 bits per heavy atom. The van der Waals surface area contributed by atoms with Crippen molar-refractivity contribution in [1.82, 2.24) is 0 Å². The van der Waals surface area contributed by atoms with Crippen molar-refractivity contribution in [2.75, 3.05) is 0 Å². The first kappa shape index (κ1) is 16.1. The molecule has 0 bridgehead atoms. The number of carboxylic acid groups (broad SMARTS) is 1. The summed E-state index contributed by atoms with van der Waals surface area (Å²) >= 11 is 0. The molecule has 0 saturated heterocycles.